The molecule has 0 radical (unpaired) electrons. The normalized spacial score (nSPS) is 8.20. The Balaban J connectivity index is -0.000000147. The number of hydrogen-bond acceptors (Lipinski definition) is 1. The van der Waals surface area contributed by atoms with Gasteiger partial charge < -0.3 is 4.79 Å². The van der Waals surface area contributed by atoms with Gasteiger partial charge in [0, 0.05) is 11.8 Å². The SMILES string of the molecule is CC#CC(C)C.CC(C)C.CC(C)C=O. The van der Waals surface area contributed by atoms with Gasteiger partial charge >= 0.3 is 0 Å². The van der Waals surface area contributed by atoms with Crippen LogP contribution in [0.1, 0.15) is 55.4 Å². The third-order valence-corrected chi connectivity index (χ3v) is 0.705. The molecule has 0 N–H and O–H groups in total. The van der Waals surface area contributed by atoms with Gasteiger partial charge in [-0.2, -0.15) is 0 Å². The van der Waals surface area contributed by atoms with E-state index in [1.807, 2.05) is 20.8 Å². The topological polar surface area (TPSA) is 17.1 Å². The second-order valence-electron chi connectivity index (χ2n) is 4.66. The summed E-state index contributed by atoms with van der Waals surface area (Å²) >= 11 is 0. The molecule has 0 aliphatic heterocycles. The Labute approximate surface area is 96.7 Å². The van der Waals surface area contributed by atoms with Gasteiger partial charge in [0.1, 0.15) is 6.29 Å². The first-order chi connectivity index (χ1) is 6.77. The van der Waals surface area contributed by atoms with Crippen molar-refractivity contribution in [3.8, 4) is 11.8 Å². The van der Waals surface area contributed by atoms with Gasteiger partial charge in [-0.05, 0) is 12.8 Å². The predicted octanol–water partition coefficient (Wildman–Crippen LogP) is 4.17. The van der Waals surface area contributed by atoms with Crippen molar-refractivity contribution in [3.05, 3.63) is 0 Å². The highest BCUT2D eigenvalue weighted by molar-refractivity contribution is 5.51. The molecular weight excluding hydrogens is 184 g/mol. The minimum atomic E-state index is 0.204. The maximum absolute atomic E-state index is 9.50. The molecule has 0 unspecified atom stereocenters. The average Bonchev–Trinajstić information content (AvgIpc) is 2.03. The first-order valence-corrected chi connectivity index (χ1v) is 5.65. The standard InChI is InChI=1S/C6H10.C4H8O.C4H10/c1-4-5-6(2)3;1-4(2)3-5;1-4(2)3/h6H,1-3H3;3-4H,1-2H3;4H,1-3H3. The fraction of sp³-hybridized carbons (Fsp3) is 0.786. The van der Waals surface area contributed by atoms with E-state index in [1.165, 1.54) is 0 Å². The summed E-state index contributed by atoms with van der Waals surface area (Å²) in [4.78, 5) is 9.50. The predicted molar refractivity (Wildman–Crippen MR) is 69.7 cm³/mol. The molecule has 0 spiro atoms. The summed E-state index contributed by atoms with van der Waals surface area (Å²) < 4.78 is 0. The van der Waals surface area contributed by atoms with Crippen molar-refractivity contribution in [1.29, 1.82) is 0 Å². The molecule has 0 atom stereocenters. The molecule has 1 nitrogen and oxygen atoms in total. The zero-order valence-electron chi connectivity index (χ0n) is 11.7. The molecule has 0 aromatic heterocycles. The maximum atomic E-state index is 9.50. The number of carbonyl (C=O) groups is 1. The highest BCUT2D eigenvalue weighted by atomic mass is 16.1. The van der Waals surface area contributed by atoms with E-state index >= 15 is 0 Å². The third-order valence-electron chi connectivity index (χ3n) is 0.705. The number of hydrogen-bond donors (Lipinski definition) is 0. The molecule has 0 heterocycles. The van der Waals surface area contributed by atoms with E-state index in [0.717, 1.165) is 12.2 Å². The van der Waals surface area contributed by atoms with Gasteiger partial charge in [-0.25, -0.2) is 0 Å². The minimum absolute atomic E-state index is 0.204. The Kier molecular flexibility index (Phi) is 20.7. The van der Waals surface area contributed by atoms with Gasteiger partial charge in [0.05, 0.1) is 0 Å². The highest BCUT2D eigenvalue weighted by Gasteiger charge is 1.79. The Morgan fingerprint density at radius 1 is 0.933 bits per heavy atom. The van der Waals surface area contributed by atoms with Gasteiger partial charge in [-0.1, -0.05) is 48.5 Å². The lowest BCUT2D eigenvalue weighted by molar-refractivity contribution is -0.110. The molecular formula is C14H28O. The molecule has 0 aliphatic carbocycles. The van der Waals surface area contributed by atoms with Gasteiger partial charge in [0.15, 0.2) is 0 Å². The lowest BCUT2D eigenvalue weighted by Crippen LogP contribution is -1.82. The van der Waals surface area contributed by atoms with Crippen molar-refractivity contribution in [1.82, 2.24) is 0 Å². The van der Waals surface area contributed by atoms with Crippen LogP contribution in [0.3, 0.4) is 0 Å². The van der Waals surface area contributed by atoms with E-state index in [4.69, 9.17) is 0 Å². The number of carbonyl (C=O) groups excluding carboxylic acids is 1. The van der Waals surface area contributed by atoms with Gasteiger partial charge in [-0.15, -0.1) is 11.8 Å². The molecule has 0 amide bonds. The second-order valence-corrected chi connectivity index (χ2v) is 4.66. The smallest absolute Gasteiger partial charge is 0.122 e. The minimum Gasteiger partial charge on any atom is -0.303 e. The summed E-state index contributed by atoms with van der Waals surface area (Å²) in [6, 6.07) is 0. The largest absolute Gasteiger partial charge is 0.303 e. The Morgan fingerprint density at radius 2 is 1.20 bits per heavy atom. The molecule has 0 saturated carbocycles. The summed E-state index contributed by atoms with van der Waals surface area (Å²) in [5.41, 5.74) is 0. The maximum Gasteiger partial charge on any atom is 0.122 e. The molecule has 1 heteroatoms. The van der Waals surface area contributed by atoms with Crippen molar-refractivity contribution in [2.45, 2.75) is 55.4 Å². The molecule has 90 valence electrons. The van der Waals surface area contributed by atoms with Crippen LogP contribution >= 0.6 is 0 Å². The summed E-state index contributed by atoms with van der Waals surface area (Å²) in [6.07, 6.45) is 0.917. The Bertz CT molecular complexity index is 165. The first-order valence-electron chi connectivity index (χ1n) is 5.65. The zero-order chi connectivity index (χ0) is 12.9. The highest BCUT2D eigenvalue weighted by Crippen LogP contribution is 1.83. The lowest BCUT2D eigenvalue weighted by Gasteiger charge is -1.82. The fourth-order valence-corrected chi connectivity index (χ4v) is 0.289. The van der Waals surface area contributed by atoms with Crippen LogP contribution in [0.2, 0.25) is 0 Å². The van der Waals surface area contributed by atoms with Crippen LogP contribution in [0.15, 0.2) is 0 Å². The van der Waals surface area contributed by atoms with E-state index in [-0.39, 0.29) is 5.92 Å². The monoisotopic (exact) mass is 212 g/mol. The van der Waals surface area contributed by atoms with Crippen molar-refractivity contribution in [2.75, 3.05) is 0 Å². The van der Waals surface area contributed by atoms with E-state index in [1.54, 1.807) is 0 Å². The van der Waals surface area contributed by atoms with Crippen LogP contribution in [-0.2, 0) is 4.79 Å². The lowest BCUT2D eigenvalue weighted by atomic mass is 10.2. The van der Waals surface area contributed by atoms with Crippen LogP contribution in [-0.4, -0.2) is 6.29 Å². The van der Waals surface area contributed by atoms with E-state index in [9.17, 15) is 4.79 Å². The summed E-state index contributed by atoms with van der Waals surface area (Å²) in [5.74, 6) is 7.35. The van der Waals surface area contributed by atoms with E-state index < -0.39 is 0 Å². The Morgan fingerprint density at radius 3 is 1.20 bits per heavy atom. The van der Waals surface area contributed by atoms with E-state index in [0.29, 0.717) is 5.92 Å². The molecule has 0 aromatic rings. The van der Waals surface area contributed by atoms with Crippen LogP contribution in [0, 0.1) is 29.6 Å². The first kappa shape index (κ1) is 19.7. The zero-order valence-corrected chi connectivity index (χ0v) is 11.7. The molecule has 15 heavy (non-hydrogen) atoms. The van der Waals surface area contributed by atoms with Crippen LogP contribution in [0.25, 0.3) is 0 Å². The summed E-state index contributed by atoms with van der Waals surface area (Å²) in [7, 11) is 0. The molecule has 0 aliphatic rings. The quantitative estimate of drug-likeness (QED) is 0.471. The van der Waals surface area contributed by atoms with E-state index in [2.05, 4.69) is 46.5 Å². The van der Waals surface area contributed by atoms with Crippen LogP contribution in [0.5, 0.6) is 0 Å². The van der Waals surface area contributed by atoms with Crippen LogP contribution < -0.4 is 0 Å². The van der Waals surface area contributed by atoms with Crippen molar-refractivity contribution < 1.29 is 4.79 Å². The number of rotatable bonds is 1. The molecule has 0 fully saturated rings. The molecule has 0 saturated heterocycles. The third kappa shape index (κ3) is 93.2. The number of aldehydes is 1. The van der Waals surface area contributed by atoms with Gasteiger partial charge in [0.25, 0.3) is 0 Å². The average molecular weight is 212 g/mol. The van der Waals surface area contributed by atoms with Gasteiger partial charge in [-0.3, -0.25) is 0 Å². The Hall–Kier alpha value is -0.770. The van der Waals surface area contributed by atoms with Crippen molar-refractivity contribution >= 4 is 6.29 Å². The summed E-state index contributed by atoms with van der Waals surface area (Å²) in [6.45, 7) is 16.2. The van der Waals surface area contributed by atoms with Crippen molar-refractivity contribution in [2.24, 2.45) is 17.8 Å². The molecule has 0 aromatic carbocycles. The molecule has 0 bridgehead atoms. The summed E-state index contributed by atoms with van der Waals surface area (Å²) in [5, 5.41) is 0. The fourth-order valence-electron chi connectivity index (χ4n) is 0.289. The van der Waals surface area contributed by atoms with Crippen LogP contribution in [0.4, 0.5) is 0 Å². The molecule has 0 rings (SSSR count). The second kappa shape index (κ2) is 15.7. The van der Waals surface area contributed by atoms with Gasteiger partial charge in [0.2, 0.25) is 0 Å². The van der Waals surface area contributed by atoms with Crippen molar-refractivity contribution in [3.63, 3.8) is 0 Å².